The average molecular weight is 465 g/mol. The van der Waals surface area contributed by atoms with Gasteiger partial charge in [0.05, 0.1) is 33.5 Å². The molecule has 2 heterocycles. The summed E-state index contributed by atoms with van der Waals surface area (Å²) in [5.74, 6) is 0.568. The lowest BCUT2D eigenvalue weighted by atomic mass is 9.93. The Hall–Kier alpha value is -3.06. The molecule has 7 nitrogen and oxygen atoms in total. The quantitative estimate of drug-likeness (QED) is 0.713. The Morgan fingerprint density at radius 3 is 2.32 bits per heavy atom. The first-order chi connectivity index (χ1) is 16.3. The number of amides is 2. The van der Waals surface area contributed by atoms with Gasteiger partial charge in [-0.3, -0.25) is 9.59 Å². The van der Waals surface area contributed by atoms with Crippen LogP contribution >= 0.6 is 0 Å². The van der Waals surface area contributed by atoms with Gasteiger partial charge in [0, 0.05) is 16.8 Å². The standard InChI is InChI=1S/C27H32N2O5/c1-15-8-16(2)23(17(3)9-15)28-25(30)24-19-10-21(32-4)22(33-5)11-20(19)26(31)29(24)18-12-27(6-7-27)14-34-13-18/h8-11,18,24H,6-7,12-14H2,1-5H3,(H,28,30). The topological polar surface area (TPSA) is 77.1 Å². The van der Waals surface area contributed by atoms with Crippen molar-refractivity contribution in [3.63, 3.8) is 0 Å². The molecule has 180 valence electrons. The molecule has 2 unspecified atom stereocenters. The molecule has 2 aromatic rings. The summed E-state index contributed by atoms with van der Waals surface area (Å²) in [5, 5.41) is 3.13. The predicted molar refractivity (Wildman–Crippen MR) is 129 cm³/mol. The van der Waals surface area contributed by atoms with E-state index in [9.17, 15) is 9.59 Å². The maximum atomic E-state index is 13.9. The first-order valence-corrected chi connectivity index (χ1v) is 11.8. The van der Waals surface area contributed by atoms with Gasteiger partial charge in [0.1, 0.15) is 6.04 Å². The van der Waals surface area contributed by atoms with Crippen LogP contribution in [0.25, 0.3) is 0 Å². The van der Waals surface area contributed by atoms with Gasteiger partial charge in [0.15, 0.2) is 11.5 Å². The van der Waals surface area contributed by atoms with Crippen LogP contribution in [0.4, 0.5) is 5.69 Å². The van der Waals surface area contributed by atoms with E-state index in [0.717, 1.165) is 48.2 Å². The van der Waals surface area contributed by atoms with Gasteiger partial charge in [0.25, 0.3) is 11.8 Å². The largest absolute Gasteiger partial charge is 0.493 e. The summed E-state index contributed by atoms with van der Waals surface area (Å²) in [6, 6.07) is 6.62. The number of carbonyl (C=O) groups is 2. The van der Waals surface area contributed by atoms with Gasteiger partial charge in [0.2, 0.25) is 0 Å². The summed E-state index contributed by atoms with van der Waals surface area (Å²) in [6.07, 6.45) is 3.07. The molecule has 1 spiro atoms. The molecule has 1 aliphatic carbocycles. The Bertz CT molecular complexity index is 1150. The molecule has 5 rings (SSSR count). The van der Waals surface area contributed by atoms with Gasteiger partial charge < -0.3 is 24.4 Å². The number of ether oxygens (including phenoxy) is 3. The summed E-state index contributed by atoms with van der Waals surface area (Å²) >= 11 is 0. The minimum atomic E-state index is -0.773. The van der Waals surface area contributed by atoms with E-state index in [1.807, 2.05) is 32.9 Å². The zero-order valence-corrected chi connectivity index (χ0v) is 20.5. The Labute approximate surface area is 200 Å². The lowest BCUT2D eigenvalue weighted by Gasteiger charge is -2.38. The summed E-state index contributed by atoms with van der Waals surface area (Å²) in [5.41, 5.74) is 5.18. The van der Waals surface area contributed by atoms with Crippen LogP contribution in [0.5, 0.6) is 11.5 Å². The number of aryl methyl sites for hydroxylation is 3. The number of methoxy groups -OCH3 is 2. The van der Waals surface area contributed by atoms with Gasteiger partial charge in [-0.2, -0.15) is 0 Å². The van der Waals surface area contributed by atoms with Crippen molar-refractivity contribution in [1.29, 1.82) is 0 Å². The van der Waals surface area contributed by atoms with E-state index in [2.05, 4.69) is 5.32 Å². The highest BCUT2D eigenvalue weighted by molar-refractivity contribution is 6.08. The molecule has 2 aromatic carbocycles. The number of rotatable bonds is 5. The molecule has 2 aliphatic heterocycles. The van der Waals surface area contributed by atoms with E-state index in [-0.39, 0.29) is 23.3 Å². The van der Waals surface area contributed by atoms with Crippen LogP contribution in [-0.2, 0) is 9.53 Å². The zero-order valence-electron chi connectivity index (χ0n) is 20.5. The predicted octanol–water partition coefficient (Wildman–Crippen LogP) is 4.33. The van der Waals surface area contributed by atoms with Crippen molar-refractivity contribution in [3.8, 4) is 11.5 Å². The van der Waals surface area contributed by atoms with Gasteiger partial charge in [-0.05, 0) is 68.7 Å². The van der Waals surface area contributed by atoms with E-state index in [1.54, 1.807) is 31.3 Å². The average Bonchev–Trinajstić information content (AvgIpc) is 3.48. The molecule has 34 heavy (non-hydrogen) atoms. The molecule has 0 radical (unpaired) electrons. The van der Waals surface area contributed by atoms with Gasteiger partial charge in [-0.15, -0.1) is 0 Å². The third-order valence-corrected chi connectivity index (χ3v) is 7.50. The Morgan fingerprint density at radius 2 is 1.71 bits per heavy atom. The highest BCUT2D eigenvalue weighted by atomic mass is 16.5. The van der Waals surface area contributed by atoms with Gasteiger partial charge in [-0.1, -0.05) is 17.7 Å². The van der Waals surface area contributed by atoms with Crippen molar-refractivity contribution in [1.82, 2.24) is 4.90 Å². The van der Waals surface area contributed by atoms with Crippen LogP contribution in [0.2, 0.25) is 0 Å². The number of benzene rings is 2. The number of carbonyl (C=O) groups excluding carboxylic acids is 2. The molecule has 1 saturated heterocycles. The van der Waals surface area contributed by atoms with Crippen LogP contribution in [0, 0.1) is 26.2 Å². The van der Waals surface area contributed by atoms with E-state index >= 15 is 0 Å². The molecule has 3 aliphatic rings. The second-order valence-corrected chi connectivity index (χ2v) is 10.0. The van der Waals surface area contributed by atoms with Crippen molar-refractivity contribution in [2.75, 3.05) is 32.8 Å². The SMILES string of the molecule is COc1cc2c(cc1OC)C(C(=O)Nc1c(C)cc(C)cc1C)N(C1COCC3(CC3)C1)C2=O. The second-order valence-electron chi connectivity index (χ2n) is 10.0. The minimum absolute atomic E-state index is 0.151. The number of fused-ring (bicyclic) bond motifs is 1. The molecule has 2 fully saturated rings. The van der Waals surface area contributed by atoms with Crippen molar-refractivity contribution in [3.05, 3.63) is 52.1 Å². The van der Waals surface area contributed by atoms with Crippen molar-refractivity contribution in [2.24, 2.45) is 5.41 Å². The molecule has 0 aromatic heterocycles. The minimum Gasteiger partial charge on any atom is -0.493 e. The van der Waals surface area contributed by atoms with Crippen LogP contribution in [0.15, 0.2) is 24.3 Å². The first kappa shape index (κ1) is 22.7. The van der Waals surface area contributed by atoms with Crippen molar-refractivity contribution < 1.29 is 23.8 Å². The smallest absolute Gasteiger partial charge is 0.255 e. The Kier molecular flexibility index (Phi) is 5.55. The van der Waals surface area contributed by atoms with Crippen molar-refractivity contribution >= 4 is 17.5 Å². The number of nitrogens with zero attached hydrogens (tertiary/aromatic N) is 1. The summed E-state index contributed by atoms with van der Waals surface area (Å²) in [4.78, 5) is 29.3. The van der Waals surface area contributed by atoms with E-state index < -0.39 is 6.04 Å². The third kappa shape index (κ3) is 3.72. The summed E-state index contributed by atoms with van der Waals surface area (Å²) in [6.45, 7) is 7.18. The van der Waals surface area contributed by atoms with Crippen LogP contribution in [0.1, 0.15) is 57.9 Å². The van der Waals surface area contributed by atoms with Gasteiger partial charge >= 0.3 is 0 Å². The molecule has 2 amide bonds. The van der Waals surface area contributed by atoms with E-state index in [1.165, 1.54) is 0 Å². The normalized spacial score (nSPS) is 22.5. The zero-order chi connectivity index (χ0) is 24.2. The molecule has 2 atom stereocenters. The number of hydrogen-bond acceptors (Lipinski definition) is 5. The third-order valence-electron chi connectivity index (χ3n) is 7.50. The second kappa shape index (κ2) is 8.31. The number of hydrogen-bond donors (Lipinski definition) is 1. The molecular weight excluding hydrogens is 432 g/mol. The van der Waals surface area contributed by atoms with Crippen LogP contribution in [0.3, 0.4) is 0 Å². The van der Waals surface area contributed by atoms with Crippen LogP contribution in [-0.4, -0.2) is 50.2 Å². The fraction of sp³-hybridized carbons (Fsp3) is 0.481. The fourth-order valence-corrected chi connectivity index (χ4v) is 5.66. The number of nitrogens with one attached hydrogen (secondary N) is 1. The monoisotopic (exact) mass is 464 g/mol. The van der Waals surface area contributed by atoms with E-state index in [0.29, 0.717) is 29.2 Å². The molecule has 0 bridgehead atoms. The molecule has 1 N–H and O–H groups in total. The fourth-order valence-electron chi connectivity index (χ4n) is 5.66. The Morgan fingerprint density at radius 1 is 1.06 bits per heavy atom. The van der Waals surface area contributed by atoms with Crippen LogP contribution < -0.4 is 14.8 Å². The van der Waals surface area contributed by atoms with Gasteiger partial charge in [-0.25, -0.2) is 0 Å². The summed E-state index contributed by atoms with van der Waals surface area (Å²) < 4.78 is 16.9. The lowest BCUT2D eigenvalue weighted by molar-refractivity contribution is -0.122. The maximum Gasteiger partial charge on any atom is 0.255 e. The Balaban J connectivity index is 1.56. The molecule has 7 heteroatoms. The molecule has 1 saturated carbocycles. The highest BCUT2D eigenvalue weighted by Gasteiger charge is 2.53. The van der Waals surface area contributed by atoms with E-state index in [4.69, 9.17) is 14.2 Å². The maximum absolute atomic E-state index is 13.9. The lowest BCUT2D eigenvalue weighted by Crippen LogP contribution is -2.48. The first-order valence-electron chi connectivity index (χ1n) is 11.8. The highest BCUT2D eigenvalue weighted by Crippen LogP contribution is 2.54. The number of anilines is 1. The molecular formula is C27H32N2O5. The summed E-state index contributed by atoms with van der Waals surface area (Å²) in [7, 11) is 3.10. The van der Waals surface area contributed by atoms with Crippen molar-refractivity contribution in [2.45, 2.75) is 52.1 Å².